The molecule has 4 rings (SSSR count). The Hall–Kier alpha value is -3.53. The number of halogens is 10. The molecule has 1 heterocycles. The van der Waals surface area contributed by atoms with Crippen LogP contribution in [-0.4, -0.2) is 27.7 Å². The van der Waals surface area contributed by atoms with Gasteiger partial charge in [0, 0.05) is 40.5 Å². The molecule has 0 atom stereocenters. The summed E-state index contributed by atoms with van der Waals surface area (Å²) in [4.78, 5) is 0. The molecule has 1 saturated heterocycles. The van der Waals surface area contributed by atoms with Crippen molar-refractivity contribution in [3.05, 3.63) is 99.5 Å². The lowest BCUT2D eigenvalue weighted by atomic mass is 9.13. The standard InChI is InChI=1S/C32H30BF10N/c1-17(16-44-31(2,3)13-9-14-32(44,4)5)33(15-12-18-10-7-6-8-11-18,19-21(34)25(38)29(42)26(39)22(19)35)20-23(36)27(40)30(43)28(41)24(20)37/h6-8,10-11H,9,12-15H2,1-5H3. The van der Waals surface area contributed by atoms with Crippen molar-refractivity contribution in [2.75, 3.05) is 0 Å². The molecule has 1 nitrogen and oxygen atoms in total. The SMILES string of the molecule is CC(=C=[N+]1C(C)(C)CCCC1(C)C)[B-](CCc1ccccc1)(c1c(F)c(F)c(F)c(F)c1F)c1c(F)c(F)c(F)c(F)c1F. The van der Waals surface area contributed by atoms with Gasteiger partial charge >= 0.3 is 0 Å². The number of aryl methyl sites for hydroxylation is 1. The van der Waals surface area contributed by atoms with E-state index >= 15 is 17.6 Å². The smallest absolute Gasteiger partial charge is 0.200 e. The maximum absolute atomic E-state index is 15.8. The Bertz CT molecular complexity index is 1550. The zero-order valence-electron chi connectivity index (χ0n) is 24.7. The maximum Gasteiger partial charge on any atom is 0.200 e. The molecule has 0 radical (unpaired) electrons. The van der Waals surface area contributed by atoms with Gasteiger partial charge in [0.1, 0.15) is 35.3 Å². The van der Waals surface area contributed by atoms with Crippen LogP contribution in [0.3, 0.4) is 0 Å². The summed E-state index contributed by atoms with van der Waals surface area (Å²) in [5.74, 6) is -21.7. The van der Waals surface area contributed by atoms with Crippen LogP contribution in [0.15, 0.2) is 35.8 Å². The van der Waals surface area contributed by atoms with E-state index in [-0.39, 0.29) is 6.42 Å². The molecular formula is C32H30BF10N. The van der Waals surface area contributed by atoms with Crippen LogP contribution in [0.4, 0.5) is 43.9 Å². The van der Waals surface area contributed by atoms with E-state index in [1.54, 1.807) is 50.5 Å². The van der Waals surface area contributed by atoms with Gasteiger partial charge in [-0.05, 0) is 6.42 Å². The van der Waals surface area contributed by atoms with Gasteiger partial charge in [-0.25, -0.2) is 43.9 Å². The third-order valence-electron chi connectivity index (χ3n) is 9.00. The lowest BCUT2D eigenvalue weighted by molar-refractivity contribution is -0.669. The number of allylic oxidation sites excluding steroid dienone is 1. The summed E-state index contributed by atoms with van der Waals surface area (Å²) in [6.45, 7) is 8.28. The van der Waals surface area contributed by atoms with E-state index in [2.05, 4.69) is 5.87 Å². The molecule has 3 aromatic rings. The largest absolute Gasteiger partial charge is 0.207 e. The van der Waals surface area contributed by atoms with Crippen LogP contribution >= 0.6 is 0 Å². The third kappa shape index (κ3) is 5.35. The van der Waals surface area contributed by atoms with Crippen molar-refractivity contribution < 1.29 is 48.5 Å². The Morgan fingerprint density at radius 2 is 1.00 bits per heavy atom. The summed E-state index contributed by atoms with van der Waals surface area (Å²) in [5, 5.41) is 0. The minimum atomic E-state index is -4.16. The fourth-order valence-electron chi connectivity index (χ4n) is 6.81. The Labute approximate surface area is 248 Å². The van der Waals surface area contributed by atoms with E-state index in [1.165, 1.54) is 12.1 Å². The molecule has 0 spiro atoms. The lowest BCUT2D eigenvalue weighted by Crippen LogP contribution is -2.66. The summed E-state index contributed by atoms with van der Waals surface area (Å²) < 4.78 is 153. The molecule has 0 bridgehead atoms. The van der Waals surface area contributed by atoms with Gasteiger partial charge < -0.3 is 0 Å². The predicted molar refractivity (Wildman–Crippen MR) is 149 cm³/mol. The quantitative estimate of drug-likeness (QED) is 0.0862. The Balaban J connectivity index is 2.32. The zero-order valence-corrected chi connectivity index (χ0v) is 24.7. The average molecular weight is 629 g/mol. The molecular weight excluding hydrogens is 599 g/mol. The summed E-state index contributed by atoms with van der Waals surface area (Å²) in [6, 6.07) is 7.80. The average Bonchev–Trinajstić information content (AvgIpc) is 2.97. The second-order valence-corrected chi connectivity index (χ2v) is 12.6. The molecule has 44 heavy (non-hydrogen) atoms. The van der Waals surface area contributed by atoms with Crippen LogP contribution in [0, 0.1) is 58.2 Å². The monoisotopic (exact) mass is 629 g/mol. The molecule has 0 N–H and O–H groups in total. The van der Waals surface area contributed by atoms with Crippen LogP contribution in [0.5, 0.6) is 0 Å². The van der Waals surface area contributed by atoms with Gasteiger partial charge in [-0.1, -0.05) is 49.2 Å². The third-order valence-corrected chi connectivity index (χ3v) is 9.00. The van der Waals surface area contributed by atoms with Gasteiger partial charge in [-0.15, -0.1) is 16.4 Å². The fourth-order valence-corrected chi connectivity index (χ4v) is 6.81. The molecule has 1 aliphatic heterocycles. The molecule has 1 aliphatic rings. The Morgan fingerprint density at radius 3 is 1.39 bits per heavy atom. The highest BCUT2D eigenvalue weighted by Gasteiger charge is 2.48. The van der Waals surface area contributed by atoms with E-state index in [0.717, 1.165) is 13.3 Å². The first-order valence-electron chi connectivity index (χ1n) is 14.1. The first-order valence-corrected chi connectivity index (χ1v) is 14.1. The number of hydrogen-bond donors (Lipinski definition) is 0. The molecule has 0 aromatic heterocycles. The van der Waals surface area contributed by atoms with Crippen LogP contribution in [-0.2, 0) is 6.42 Å². The van der Waals surface area contributed by atoms with E-state index in [1.807, 2.05) is 0 Å². The Morgan fingerprint density at radius 1 is 0.636 bits per heavy atom. The number of hydrogen-bond acceptors (Lipinski definition) is 0. The number of rotatable bonds is 6. The van der Waals surface area contributed by atoms with Gasteiger partial charge in [0.2, 0.25) is 0 Å². The first-order chi connectivity index (χ1) is 20.4. The topological polar surface area (TPSA) is 3.01 Å². The van der Waals surface area contributed by atoms with Gasteiger partial charge in [0.25, 0.3) is 0 Å². The second-order valence-electron chi connectivity index (χ2n) is 12.6. The fraction of sp³-hybridized carbons (Fsp3) is 0.375. The van der Waals surface area contributed by atoms with E-state index in [4.69, 9.17) is 0 Å². The molecule has 3 aromatic carbocycles. The number of benzene rings is 3. The van der Waals surface area contributed by atoms with Gasteiger partial charge in [-0.3, -0.25) is 0 Å². The highest BCUT2D eigenvalue weighted by Crippen LogP contribution is 2.35. The predicted octanol–water partition coefficient (Wildman–Crippen LogP) is 7.79. The minimum absolute atomic E-state index is 0.314. The summed E-state index contributed by atoms with van der Waals surface area (Å²) in [7, 11) is 0. The highest BCUT2D eigenvalue weighted by molar-refractivity contribution is 7.08. The molecule has 0 amide bonds. The number of nitrogens with zero attached hydrogens (tertiary/aromatic N) is 1. The van der Waals surface area contributed by atoms with Crippen molar-refractivity contribution in [1.29, 1.82) is 0 Å². The van der Waals surface area contributed by atoms with Crippen molar-refractivity contribution in [3.63, 3.8) is 0 Å². The number of piperidine rings is 1. The maximum atomic E-state index is 15.8. The van der Waals surface area contributed by atoms with Crippen LogP contribution in [0.25, 0.3) is 0 Å². The second kappa shape index (κ2) is 11.8. The summed E-state index contributed by atoms with van der Waals surface area (Å²) in [5.41, 5.74) is -4.93. The van der Waals surface area contributed by atoms with E-state index in [9.17, 15) is 26.3 Å². The molecule has 12 heteroatoms. The summed E-state index contributed by atoms with van der Waals surface area (Å²) >= 11 is 0. The molecule has 236 valence electrons. The van der Waals surface area contributed by atoms with Crippen LogP contribution < -0.4 is 10.9 Å². The molecule has 0 aliphatic carbocycles. The van der Waals surface area contributed by atoms with E-state index < -0.39 is 98.1 Å². The van der Waals surface area contributed by atoms with Gasteiger partial charge in [0.15, 0.2) is 46.0 Å². The Kier molecular flexibility index (Phi) is 8.92. The normalized spacial score (nSPS) is 16.2. The lowest BCUT2D eigenvalue weighted by Gasteiger charge is -2.43. The molecule has 0 saturated carbocycles. The summed E-state index contributed by atoms with van der Waals surface area (Å²) in [6.07, 6.45) is -3.42. The van der Waals surface area contributed by atoms with Crippen molar-refractivity contribution in [2.45, 2.75) is 77.7 Å². The van der Waals surface area contributed by atoms with Gasteiger partial charge in [-0.2, -0.15) is 10.9 Å². The zero-order chi connectivity index (χ0) is 32.9. The minimum Gasteiger partial charge on any atom is -0.207 e. The van der Waals surface area contributed by atoms with Crippen LogP contribution in [0.1, 0.15) is 59.4 Å². The van der Waals surface area contributed by atoms with Crippen LogP contribution in [0.2, 0.25) is 6.32 Å². The van der Waals surface area contributed by atoms with Crippen molar-refractivity contribution in [2.24, 2.45) is 0 Å². The van der Waals surface area contributed by atoms with Gasteiger partial charge in [0.05, 0.1) is 0 Å². The molecule has 1 fully saturated rings. The molecule has 0 unspecified atom stereocenters. The highest BCUT2D eigenvalue weighted by atomic mass is 19.2. The first kappa shape index (κ1) is 33.4. The van der Waals surface area contributed by atoms with Crippen molar-refractivity contribution in [3.8, 4) is 0 Å². The van der Waals surface area contributed by atoms with E-state index in [0.29, 0.717) is 18.4 Å². The van der Waals surface area contributed by atoms with Crippen molar-refractivity contribution in [1.82, 2.24) is 0 Å². The van der Waals surface area contributed by atoms with Crippen molar-refractivity contribution >= 4 is 22.9 Å².